The van der Waals surface area contributed by atoms with Crippen molar-refractivity contribution in [1.82, 2.24) is 5.32 Å². The summed E-state index contributed by atoms with van der Waals surface area (Å²) in [7, 11) is 0. The summed E-state index contributed by atoms with van der Waals surface area (Å²) in [5.74, 6) is 0.614. The van der Waals surface area contributed by atoms with E-state index < -0.39 is 0 Å². The number of carbonyl (C=O) groups excluding carboxylic acids is 2. The molecule has 0 unspecified atom stereocenters. The van der Waals surface area contributed by atoms with Gasteiger partial charge < -0.3 is 10.1 Å². The summed E-state index contributed by atoms with van der Waals surface area (Å²) in [5, 5.41) is 4.89. The van der Waals surface area contributed by atoms with Gasteiger partial charge in [-0.1, -0.05) is 36.4 Å². The average Bonchev–Trinajstić information content (AvgIpc) is 3.00. The average molecular weight is 402 g/mol. The molecule has 1 heterocycles. The van der Waals surface area contributed by atoms with Gasteiger partial charge in [-0.05, 0) is 61.9 Å². The second-order valence-electron chi connectivity index (χ2n) is 7.84. The van der Waals surface area contributed by atoms with Gasteiger partial charge in [0.25, 0.3) is 5.91 Å². The Morgan fingerprint density at radius 2 is 1.77 bits per heavy atom. The predicted octanol–water partition coefficient (Wildman–Crippen LogP) is 4.34. The number of rotatable bonds is 8. The monoisotopic (exact) mass is 402 g/mol. The van der Waals surface area contributed by atoms with Gasteiger partial charge in [0, 0.05) is 17.5 Å². The molecule has 30 heavy (non-hydrogen) atoms. The third-order valence-electron chi connectivity index (χ3n) is 5.21. The Hall–Kier alpha value is -3.34. The van der Waals surface area contributed by atoms with Crippen molar-refractivity contribution in [1.29, 1.82) is 0 Å². The number of nitrogens with zero attached hydrogens (tertiary/aromatic N) is 1. The molecule has 0 aliphatic carbocycles. The van der Waals surface area contributed by atoms with Crippen LogP contribution in [0.2, 0.25) is 0 Å². The molecule has 3 aromatic carbocycles. The minimum atomic E-state index is -0.145. The molecule has 1 aliphatic rings. The fraction of sp³-hybridized carbons (Fsp3) is 0.280. The molecule has 0 aromatic heterocycles. The lowest BCUT2D eigenvalue weighted by Gasteiger charge is -2.17. The lowest BCUT2D eigenvalue weighted by molar-refractivity contribution is -0.119. The third kappa shape index (κ3) is 4.15. The van der Waals surface area contributed by atoms with Crippen LogP contribution in [0, 0.1) is 0 Å². The van der Waals surface area contributed by atoms with Crippen molar-refractivity contribution in [3.63, 3.8) is 0 Å². The molecule has 0 saturated heterocycles. The highest BCUT2D eigenvalue weighted by Gasteiger charge is 2.30. The number of anilines is 1. The highest BCUT2D eigenvalue weighted by molar-refractivity contribution is 6.26. The number of ether oxygens (including phenoxy) is 1. The van der Waals surface area contributed by atoms with E-state index in [1.165, 1.54) is 5.56 Å². The van der Waals surface area contributed by atoms with Gasteiger partial charge in [-0.3, -0.25) is 14.5 Å². The molecule has 0 fully saturated rings. The van der Waals surface area contributed by atoms with Crippen molar-refractivity contribution in [2.75, 3.05) is 18.0 Å². The van der Waals surface area contributed by atoms with E-state index in [-0.39, 0.29) is 24.5 Å². The molecule has 0 saturated carbocycles. The highest BCUT2D eigenvalue weighted by Crippen LogP contribution is 2.36. The van der Waals surface area contributed by atoms with Crippen LogP contribution in [-0.4, -0.2) is 31.0 Å². The zero-order valence-corrected chi connectivity index (χ0v) is 17.4. The molecule has 4 rings (SSSR count). The maximum atomic E-state index is 12.8. The zero-order chi connectivity index (χ0) is 21.1. The standard InChI is InChI=1S/C25H26N2O3/c1-17(2)30-20-13-11-18(12-14-20)6-5-15-26-23(28)16-27-22-10-4-8-19-7-3-9-21(24(19)22)25(27)29/h3-4,7-14,17H,5-6,15-16H2,1-2H3,(H,26,28). The number of carbonyl (C=O) groups is 2. The van der Waals surface area contributed by atoms with Crippen LogP contribution in [0.1, 0.15) is 36.2 Å². The van der Waals surface area contributed by atoms with Gasteiger partial charge in [-0.2, -0.15) is 0 Å². The van der Waals surface area contributed by atoms with Crippen molar-refractivity contribution in [2.45, 2.75) is 32.8 Å². The third-order valence-corrected chi connectivity index (χ3v) is 5.21. The molecule has 0 atom stereocenters. The molecule has 5 nitrogen and oxygen atoms in total. The smallest absolute Gasteiger partial charge is 0.259 e. The van der Waals surface area contributed by atoms with Gasteiger partial charge in [0.1, 0.15) is 12.3 Å². The van der Waals surface area contributed by atoms with Crippen LogP contribution in [0.25, 0.3) is 10.8 Å². The topological polar surface area (TPSA) is 58.6 Å². The first-order valence-corrected chi connectivity index (χ1v) is 10.4. The number of nitrogens with one attached hydrogen (secondary N) is 1. The van der Waals surface area contributed by atoms with Gasteiger partial charge in [-0.25, -0.2) is 0 Å². The SMILES string of the molecule is CC(C)Oc1ccc(CCCNC(=O)CN2C(=O)c3cccc4cccc2c34)cc1. The number of amides is 2. The summed E-state index contributed by atoms with van der Waals surface area (Å²) < 4.78 is 5.65. The van der Waals surface area contributed by atoms with E-state index in [1.807, 2.05) is 62.4 Å². The summed E-state index contributed by atoms with van der Waals surface area (Å²) in [6.45, 7) is 4.62. The van der Waals surface area contributed by atoms with Gasteiger partial charge >= 0.3 is 0 Å². The number of hydrogen-bond donors (Lipinski definition) is 1. The van der Waals surface area contributed by atoms with Crippen LogP contribution in [0.15, 0.2) is 60.7 Å². The second-order valence-corrected chi connectivity index (χ2v) is 7.84. The molecule has 1 aliphatic heterocycles. The molecular weight excluding hydrogens is 376 g/mol. The first kappa shape index (κ1) is 20.0. The van der Waals surface area contributed by atoms with Crippen molar-refractivity contribution >= 4 is 28.3 Å². The molecule has 0 bridgehead atoms. The van der Waals surface area contributed by atoms with Crippen molar-refractivity contribution in [3.8, 4) is 5.75 Å². The predicted molar refractivity (Wildman–Crippen MR) is 119 cm³/mol. The van der Waals surface area contributed by atoms with E-state index in [2.05, 4.69) is 17.4 Å². The van der Waals surface area contributed by atoms with E-state index in [4.69, 9.17) is 4.74 Å². The van der Waals surface area contributed by atoms with Crippen molar-refractivity contribution < 1.29 is 14.3 Å². The van der Waals surface area contributed by atoms with Crippen molar-refractivity contribution in [3.05, 3.63) is 71.8 Å². The number of hydrogen-bond acceptors (Lipinski definition) is 3. The minimum Gasteiger partial charge on any atom is -0.491 e. The van der Waals surface area contributed by atoms with Crippen LogP contribution in [-0.2, 0) is 11.2 Å². The van der Waals surface area contributed by atoms with Crippen LogP contribution in [0.4, 0.5) is 5.69 Å². The van der Waals surface area contributed by atoms with E-state index in [0.29, 0.717) is 12.1 Å². The van der Waals surface area contributed by atoms with E-state index >= 15 is 0 Å². The molecule has 0 spiro atoms. The molecule has 5 heteroatoms. The minimum absolute atomic E-state index is 0.0356. The van der Waals surface area contributed by atoms with Crippen LogP contribution < -0.4 is 15.0 Å². The largest absolute Gasteiger partial charge is 0.491 e. The van der Waals surface area contributed by atoms with Crippen LogP contribution >= 0.6 is 0 Å². The van der Waals surface area contributed by atoms with Crippen LogP contribution in [0.3, 0.4) is 0 Å². The van der Waals surface area contributed by atoms with Crippen LogP contribution in [0.5, 0.6) is 5.75 Å². The Morgan fingerprint density at radius 3 is 2.50 bits per heavy atom. The number of aryl methyl sites for hydroxylation is 1. The van der Waals surface area contributed by atoms with Gasteiger partial charge in [0.15, 0.2) is 0 Å². The Balaban J connectivity index is 1.28. The molecule has 0 radical (unpaired) electrons. The summed E-state index contributed by atoms with van der Waals surface area (Å²) in [6, 6.07) is 19.6. The highest BCUT2D eigenvalue weighted by atomic mass is 16.5. The van der Waals surface area contributed by atoms with Gasteiger partial charge in [0.05, 0.1) is 11.8 Å². The Bertz CT molecular complexity index is 1070. The lowest BCUT2D eigenvalue weighted by atomic mass is 10.1. The summed E-state index contributed by atoms with van der Waals surface area (Å²) in [4.78, 5) is 26.8. The maximum Gasteiger partial charge on any atom is 0.259 e. The molecular formula is C25H26N2O3. The Kier molecular flexibility index (Phi) is 5.70. The van der Waals surface area contributed by atoms with E-state index in [9.17, 15) is 9.59 Å². The zero-order valence-electron chi connectivity index (χ0n) is 17.4. The summed E-state index contributed by atoms with van der Waals surface area (Å²) in [5.41, 5.74) is 2.69. The van der Waals surface area contributed by atoms with Gasteiger partial charge in [0.2, 0.25) is 5.91 Å². The normalized spacial score (nSPS) is 12.6. The van der Waals surface area contributed by atoms with Crippen molar-refractivity contribution in [2.24, 2.45) is 0 Å². The molecule has 154 valence electrons. The summed E-state index contributed by atoms with van der Waals surface area (Å²) >= 11 is 0. The maximum absolute atomic E-state index is 12.8. The Morgan fingerprint density at radius 1 is 1.03 bits per heavy atom. The quantitative estimate of drug-likeness (QED) is 0.571. The summed E-state index contributed by atoms with van der Waals surface area (Å²) in [6.07, 6.45) is 1.86. The first-order valence-electron chi connectivity index (χ1n) is 10.4. The first-order chi connectivity index (χ1) is 14.5. The lowest BCUT2D eigenvalue weighted by Crippen LogP contribution is -2.39. The fourth-order valence-corrected chi connectivity index (χ4v) is 3.86. The molecule has 3 aromatic rings. The fourth-order valence-electron chi connectivity index (χ4n) is 3.86. The van der Waals surface area contributed by atoms with E-state index in [1.54, 1.807) is 4.90 Å². The molecule has 2 amide bonds. The Labute approximate surface area is 176 Å². The van der Waals surface area contributed by atoms with E-state index in [0.717, 1.165) is 35.1 Å². The second kappa shape index (κ2) is 8.57. The number of benzene rings is 3. The van der Waals surface area contributed by atoms with Gasteiger partial charge in [-0.15, -0.1) is 0 Å². The molecule has 1 N–H and O–H groups in total.